The maximum Gasteiger partial charge on any atom is 0.242 e. The third kappa shape index (κ3) is 3.92. The van der Waals surface area contributed by atoms with Crippen molar-refractivity contribution in [3.05, 3.63) is 24.0 Å². The third-order valence-electron chi connectivity index (χ3n) is 3.94. The van der Waals surface area contributed by atoms with Gasteiger partial charge in [-0.1, -0.05) is 6.42 Å². The lowest BCUT2D eigenvalue weighted by Crippen LogP contribution is -2.45. The minimum atomic E-state index is -3.81. The van der Waals surface area contributed by atoms with Gasteiger partial charge in [-0.05, 0) is 37.3 Å². The molecule has 0 bridgehead atoms. The van der Waals surface area contributed by atoms with Crippen LogP contribution >= 0.6 is 11.8 Å². The van der Waals surface area contributed by atoms with Crippen molar-refractivity contribution in [1.29, 1.82) is 0 Å². The van der Waals surface area contributed by atoms with Crippen molar-refractivity contribution in [2.75, 3.05) is 31.3 Å². The minimum Gasteiger partial charge on any atom is -0.395 e. The van der Waals surface area contributed by atoms with Gasteiger partial charge in [0.2, 0.25) is 10.0 Å². The number of rotatable bonds is 8. The molecule has 2 rings (SSSR count). The van der Waals surface area contributed by atoms with Crippen LogP contribution in [0.1, 0.15) is 19.3 Å². The zero-order chi connectivity index (χ0) is 16.2. The monoisotopic (exact) mass is 348 g/mol. The Balaban J connectivity index is 2.18. The molecule has 0 atom stereocenters. The van der Waals surface area contributed by atoms with Crippen LogP contribution in [0.5, 0.6) is 0 Å². The average molecular weight is 348 g/mol. The second-order valence-corrected chi connectivity index (χ2v) is 8.37. The predicted octanol–water partition coefficient (Wildman–Crippen LogP) is 1.79. The number of aliphatic hydroxyl groups is 1. The summed E-state index contributed by atoms with van der Waals surface area (Å²) in [6, 6.07) is 3.55. The van der Waals surface area contributed by atoms with Gasteiger partial charge < -0.3 is 10.4 Å². The van der Waals surface area contributed by atoms with Gasteiger partial charge in [0.05, 0.1) is 12.3 Å². The lowest BCUT2D eigenvalue weighted by Gasteiger charge is -2.40. The highest BCUT2D eigenvalue weighted by Crippen LogP contribution is 2.42. The van der Waals surface area contributed by atoms with Gasteiger partial charge in [0, 0.05) is 17.8 Å². The first kappa shape index (κ1) is 17.5. The molecule has 0 radical (unpaired) electrons. The Kier molecular flexibility index (Phi) is 5.70. The lowest BCUT2D eigenvalue weighted by molar-refractivity contribution is 0.311. The summed E-state index contributed by atoms with van der Waals surface area (Å²) >= 11 is 1.67. The van der Waals surface area contributed by atoms with Crippen molar-refractivity contribution >= 4 is 27.5 Å². The smallest absolute Gasteiger partial charge is 0.242 e. The van der Waals surface area contributed by atoms with E-state index in [9.17, 15) is 12.8 Å². The number of anilines is 1. The van der Waals surface area contributed by atoms with Gasteiger partial charge in [0.25, 0.3) is 0 Å². The first-order valence-corrected chi connectivity index (χ1v) is 9.82. The number of sulfonamides is 1. The molecule has 3 N–H and O–H groups in total. The van der Waals surface area contributed by atoms with Crippen LogP contribution in [0.15, 0.2) is 23.1 Å². The topological polar surface area (TPSA) is 78.4 Å². The van der Waals surface area contributed by atoms with Crippen LogP contribution in [0.2, 0.25) is 0 Å². The molecule has 1 fully saturated rings. The molecule has 124 valence electrons. The summed E-state index contributed by atoms with van der Waals surface area (Å²) in [7, 11) is -3.81. The Labute approximate surface area is 134 Å². The van der Waals surface area contributed by atoms with Crippen LogP contribution in [0.4, 0.5) is 10.1 Å². The number of benzene rings is 1. The van der Waals surface area contributed by atoms with E-state index >= 15 is 0 Å². The van der Waals surface area contributed by atoms with E-state index in [0.717, 1.165) is 25.3 Å². The van der Waals surface area contributed by atoms with Gasteiger partial charge in [0.1, 0.15) is 10.7 Å². The SMILES string of the molecule is CSC1(CNS(=O)(=O)c2cc(F)ccc2NCCO)CCC1. The molecule has 0 heterocycles. The lowest BCUT2D eigenvalue weighted by atomic mass is 9.84. The summed E-state index contributed by atoms with van der Waals surface area (Å²) in [5.41, 5.74) is 0.287. The average Bonchev–Trinajstić information content (AvgIpc) is 2.45. The Morgan fingerprint density at radius 1 is 1.41 bits per heavy atom. The highest BCUT2D eigenvalue weighted by atomic mass is 32.2. The van der Waals surface area contributed by atoms with E-state index in [1.807, 2.05) is 6.26 Å². The van der Waals surface area contributed by atoms with E-state index in [4.69, 9.17) is 5.11 Å². The van der Waals surface area contributed by atoms with Crippen molar-refractivity contribution in [1.82, 2.24) is 4.72 Å². The molecular formula is C14H21FN2O3S2. The number of nitrogens with one attached hydrogen (secondary N) is 2. The summed E-state index contributed by atoms with van der Waals surface area (Å²) in [6.45, 7) is 0.398. The molecule has 1 aromatic rings. The van der Waals surface area contributed by atoms with Crippen LogP contribution in [-0.2, 0) is 10.0 Å². The molecular weight excluding hydrogens is 327 g/mol. The summed E-state index contributed by atoms with van der Waals surface area (Å²) in [6.07, 6.45) is 5.04. The highest BCUT2D eigenvalue weighted by molar-refractivity contribution is 8.00. The Morgan fingerprint density at radius 2 is 2.14 bits per heavy atom. The van der Waals surface area contributed by atoms with E-state index in [1.165, 1.54) is 12.1 Å². The molecule has 1 aliphatic carbocycles. The van der Waals surface area contributed by atoms with Gasteiger partial charge in [-0.3, -0.25) is 0 Å². The van der Waals surface area contributed by atoms with Gasteiger partial charge in [-0.15, -0.1) is 0 Å². The van der Waals surface area contributed by atoms with Crippen LogP contribution < -0.4 is 10.0 Å². The van der Waals surface area contributed by atoms with E-state index in [1.54, 1.807) is 11.8 Å². The first-order valence-electron chi connectivity index (χ1n) is 7.11. The fourth-order valence-corrected chi connectivity index (χ4v) is 4.71. The maximum absolute atomic E-state index is 13.4. The third-order valence-corrected chi connectivity index (χ3v) is 6.80. The molecule has 0 saturated heterocycles. The van der Waals surface area contributed by atoms with E-state index in [0.29, 0.717) is 6.54 Å². The fourth-order valence-electron chi connectivity index (χ4n) is 2.38. The standard InChI is InChI=1S/C14H21FN2O3S2/c1-21-14(5-2-6-14)10-17-22(19,20)13-9-11(15)3-4-12(13)16-7-8-18/h3-4,9,16-18H,2,5-8,10H2,1H3. The zero-order valence-electron chi connectivity index (χ0n) is 12.4. The Morgan fingerprint density at radius 3 is 2.68 bits per heavy atom. The largest absolute Gasteiger partial charge is 0.395 e. The van der Waals surface area contributed by atoms with Crippen molar-refractivity contribution < 1.29 is 17.9 Å². The summed E-state index contributed by atoms with van der Waals surface area (Å²) in [5.74, 6) is -0.613. The normalized spacial score (nSPS) is 17.0. The Bertz CT molecular complexity index is 613. The molecule has 1 aliphatic rings. The molecule has 1 aromatic carbocycles. The first-order chi connectivity index (χ1) is 10.4. The quantitative estimate of drug-likeness (QED) is 0.668. The molecule has 0 aromatic heterocycles. The van der Waals surface area contributed by atoms with Gasteiger partial charge >= 0.3 is 0 Å². The molecule has 0 unspecified atom stereocenters. The van der Waals surface area contributed by atoms with Gasteiger partial charge in [-0.25, -0.2) is 17.5 Å². The molecule has 0 aliphatic heterocycles. The fraction of sp³-hybridized carbons (Fsp3) is 0.571. The molecule has 0 amide bonds. The van der Waals surface area contributed by atoms with Crippen molar-refractivity contribution in [3.8, 4) is 0 Å². The summed E-state index contributed by atoms with van der Waals surface area (Å²) in [4.78, 5) is -0.128. The number of halogens is 1. The van der Waals surface area contributed by atoms with Gasteiger partial charge in [0.15, 0.2) is 0 Å². The van der Waals surface area contributed by atoms with E-state index in [2.05, 4.69) is 10.0 Å². The highest BCUT2D eigenvalue weighted by Gasteiger charge is 2.37. The molecule has 5 nitrogen and oxygen atoms in total. The van der Waals surface area contributed by atoms with Gasteiger partial charge in [-0.2, -0.15) is 11.8 Å². The second kappa shape index (κ2) is 7.16. The minimum absolute atomic E-state index is 0.0426. The van der Waals surface area contributed by atoms with Crippen LogP contribution in [-0.4, -0.2) is 44.2 Å². The van der Waals surface area contributed by atoms with Crippen LogP contribution in [0.25, 0.3) is 0 Å². The molecule has 22 heavy (non-hydrogen) atoms. The number of hydrogen-bond donors (Lipinski definition) is 3. The van der Waals surface area contributed by atoms with Crippen molar-refractivity contribution in [2.24, 2.45) is 0 Å². The summed E-state index contributed by atoms with van der Waals surface area (Å²) < 4.78 is 41.0. The maximum atomic E-state index is 13.4. The van der Waals surface area contributed by atoms with Crippen molar-refractivity contribution in [2.45, 2.75) is 28.9 Å². The Hall–Kier alpha value is -0.830. The van der Waals surface area contributed by atoms with E-state index in [-0.39, 0.29) is 28.5 Å². The molecule has 1 saturated carbocycles. The van der Waals surface area contributed by atoms with Crippen LogP contribution in [0.3, 0.4) is 0 Å². The zero-order valence-corrected chi connectivity index (χ0v) is 14.1. The number of hydrogen-bond acceptors (Lipinski definition) is 5. The predicted molar refractivity (Wildman–Crippen MR) is 87.3 cm³/mol. The van der Waals surface area contributed by atoms with Crippen molar-refractivity contribution in [3.63, 3.8) is 0 Å². The molecule has 0 spiro atoms. The van der Waals surface area contributed by atoms with E-state index < -0.39 is 15.8 Å². The number of thioether (sulfide) groups is 1. The van der Waals surface area contributed by atoms with Crippen LogP contribution in [0, 0.1) is 5.82 Å². The number of aliphatic hydroxyl groups excluding tert-OH is 1. The molecule has 8 heteroatoms. The summed E-state index contributed by atoms with van der Waals surface area (Å²) in [5, 5.41) is 11.6. The second-order valence-electron chi connectivity index (χ2n) is 5.36.